The van der Waals surface area contributed by atoms with Crippen molar-refractivity contribution < 1.29 is 14.0 Å². The van der Waals surface area contributed by atoms with Gasteiger partial charge < -0.3 is 15.1 Å². The van der Waals surface area contributed by atoms with E-state index in [0.29, 0.717) is 42.6 Å². The first-order chi connectivity index (χ1) is 11.5. The summed E-state index contributed by atoms with van der Waals surface area (Å²) in [5.41, 5.74) is 6.05. The number of benzene rings is 1. The Balaban J connectivity index is 1.57. The van der Waals surface area contributed by atoms with Crippen LogP contribution in [0.1, 0.15) is 18.7 Å². The molecule has 1 saturated heterocycles. The van der Waals surface area contributed by atoms with Crippen molar-refractivity contribution in [2.24, 2.45) is 11.7 Å². The van der Waals surface area contributed by atoms with Crippen LogP contribution in [0.15, 0.2) is 34.9 Å². The fourth-order valence-electron chi connectivity index (χ4n) is 2.80. The van der Waals surface area contributed by atoms with Crippen LogP contribution in [0.25, 0.3) is 11.3 Å². The van der Waals surface area contributed by atoms with Gasteiger partial charge in [-0.15, -0.1) is 0 Å². The number of hydrogen-bond donors (Lipinski definition) is 1. The monoisotopic (exact) mass is 347 g/mol. The lowest BCUT2D eigenvalue weighted by Gasteiger charge is -2.15. The lowest BCUT2D eigenvalue weighted by Crippen LogP contribution is -2.31. The number of oxazole rings is 1. The summed E-state index contributed by atoms with van der Waals surface area (Å²) in [6.07, 6.45) is 2.94. The molecule has 2 amide bonds. The first-order valence-electron chi connectivity index (χ1n) is 7.81. The lowest BCUT2D eigenvalue weighted by molar-refractivity contribution is -0.130. The minimum absolute atomic E-state index is 0.0174. The molecule has 1 aliphatic heterocycles. The fourth-order valence-corrected chi connectivity index (χ4v) is 3.03. The van der Waals surface area contributed by atoms with Crippen molar-refractivity contribution in [3.63, 3.8) is 0 Å². The van der Waals surface area contributed by atoms with Crippen LogP contribution < -0.4 is 5.73 Å². The second-order valence-corrected chi connectivity index (χ2v) is 6.23. The van der Waals surface area contributed by atoms with E-state index in [4.69, 9.17) is 21.8 Å². The number of primary amides is 1. The Hall–Kier alpha value is -2.34. The van der Waals surface area contributed by atoms with Crippen molar-refractivity contribution >= 4 is 23.4 Å². The van der Waals surface area contributed by atoms with Crippen molar-refractivity contribution in [2.45, 2.75) is 19.3 Å². The van der Waals surface area contributed by atoms with E-state index in [1.165, 1.54) is 0 Å². The fraction of sp³-hybridized carbons (Fsp3) is 0.353. The summed E-state index contributed by atoms with van der Waals surface area (Å²) in [5, 5.41) is 0.589. The highest BCUT2D eigenvalue weighted by atomic mass is 35.5. The van der Waals surface area contributed by atoms with E-state index in [1.54, 1.807) is 17.2 Å². The molecule has 2 heterocycles. The Bertz CT molecular complexity index is 759. The number of hydrogen-bond acceptors (Lipinski definition) is 4. The molecule has 1 fully saturated rings. The van der Waals surface area contributed by atoms with Gasteiger partial charge in [-0.3, -0.25) is 9.59 Å². The zero-order chi connectivity index (χ0) is 17.1. The van der Waals surface area contributed by atoms with E-state index < -0.39 is 0 Å². The quantitative estimate of drug-likeness (QED) is 0.898. The summed E-state index contributed by atoms with van der Waals surface area (Å²) in [6, 6.07) is 7.35. The van der Waals surface area contributed by atoms with E-state index >= 15 is 0 Å². The third-order valence-corrected chi connectivity index (χ3v) is 4.52. The number of aryl methyl sites for hydroxylation is 1. The van der Waals surface area contributed by atoms with Crippen LogP contribution in [-0.4, -0.2) is 34.8 Å². The first kappa shape index (κ1) is 16.5. The maximum absolute atomic E-state index is 12.2. The number of nitrogens with two attached hydrogens (primary N) is 1. The molecule has 1 aromatic carbocycles. The zero-order valence-electron chi connectivity index (χ0n) is 13.1. The number of aromatic nitrogens is 1. The van der Waals surface area contributed by atoms with Crippen LogP contribution in [0.5, 0.6) is 0 Å². The minimum Gasteiger partial charge on any atom is -0.441 e. The van der Waals surface area contributed by atoms with Crippen LogP contribution in [0, 0.1) is 5.92 Å². The Kier molecular flexibility index (Phi) is 4.85. The number of halogens is 1. The third-order valence-electron chi connectivity index (χ3n) is 4.19. The van der Waals surface area contributed by atoms with Gasteiger partial charge in [-0.05, 0) is 18.6 Å². The normalized spacial score (nSPS) is 17.2. The van der Waals surface area contributed by atoms with E-state index in [2.05, 4.69) is 4.98 Å². The number of rotatable bonds is 5. The molecule has 0 radical (unpaired) electrons. The molecule has 7 heteroatoms. The number of nitrogens with zero attached hydrogens (tertiary/aromatic N) is 2. The molecule has 0 aliphatic carbocycles. The van der Waals surface area contributed by atoms with Crippen molar-refractivity contribution in [2.75, 3.05) is 13.1 Å². The summed E-state index contributed by atoms with van der Waals surface area (Å²) in [5.74, 6) is 0.475. The molecule has 1 atom stereocenters. The lowest BCUT2D eigenvalue weighted by atomic mass is 10.1. The molecule has 0 unspecified atom stereocenters. The standard InChI is InChI=1S/C17H18ClN3O3/c18-13-4-2-1-3-12(13)14-9-20-15(24-14)5-6-16(22)21-8-7-11(10-21)17(19)23/h1-4,9,11H,5-8,10H2,(H2,19,23)/t11-/m0/s1. The molecule has 0 spiro atoms. The molecular formula is C17H18ClN3O3. The largest absolute Gasteiger partial charge is 0.441 e. The summed E-state index contributed by atoms with van der Waals surface area (Å²) in [6.45, 7) is 0.980. The molecular weight excluding hydrogens is 330 g/mol. The highest BCUT2D eigenvalue weighted by Gasteiger charge is 2.29. The molecule has 0 bridgehead atoms. The maximum Gasteiger partial charge on any atom is 0.223 e. The van der Waals surface area contributed by atoms with Gasteiger partial charge in [0.15, 0.2) is 11.7 Å². The zero-order valence-corrected chi connectivity index (χ0v) is 13.8. The van der Waals surface area contributed by atoms with Gasteiger partial charge in [-0.1, -0.05) is 23.7 Å². The average molecular weight is 348 g/mol. The third kappa shape index (κ3) is 3.59. The van der Waals surface area contributed by atoms with Crippen molar-refractivity contribution in [3.8, 4) is 11.3 Å². The van der Waals surface area contributed by atoms with Gasteiger partial charge in [0.25, 0.3) is 0 Å². The van der Waals surface area contributed by atoms with Crippen molar-refractivity contribution in [1.29, 1.82) is 0 Å². The van der Waals surface area contributed by atoms with Gasteiger partial charge in [-0.2, -0.15) is 0 Å². The SMILES string of the molecule is NC(=O)[C@H]1CCN(C(=O)CCc2ncc(-c3ccccc3Cl)o2)C1. The Morgan fingerprint density at radius 1 is 1.38 bits per heavy atom. The molecule has 1 aliphatic rings. The van der Waals surface area contributed by atoms with Gasteiger partial charge in [0, 0.05) is 31.5 Å². The maximum atomic E-state index is 12.2. The van der Waals surface area contributed by atoms with Gasteiger partial charge >= 0.3 is 0 Å². The predicted octanol–water partition coefficient (Wildman–Crippen LogP) is 2.26. The molecule has 1 aromatic heterocycles. The summed E-state index contributed by atoms with van der Waals surface area (Å²) in [4.78, 5) is 29.2. The number of carbonyl (C=O) groups excluding carboxylic acids is 2. The molecule has 0 saturated carbocycles. The Morgan fingerprint density at radius 3 is 2.88 bits per heavy atom. The predicted molar refractivity (Wildman–Crippen MR) is 89.2 cm³/mol. The Morgan fingerprint density at radius 2 is 2.17 bits per heavy atom. The smallest absolute Gasteiger partial charge is 0.223 e. The minimum atomic E-state index is -0.345. The highest BCUT2D eigenvalue weighted by Crippen LogP contribution is 2.28. The highest BCUT2D eigenvalue weighted by molar-refractivity contribution is 6.33. The topological polar surface area (TPSA) is 89.4 Å². The molecule has 2 N–H and O–H groups in total. The van der Waals surface area contributed by atoms with Crippen LogP contribution in [0.3, 0.4) is 0 Å². The second kappa shape index (κ2) is 7.05. The molecule has 126 valence electrons. The van der Waals surface area contributed by atoms with Crippen molar-refractivity contribution in [1.82, 2.24) is 9.88 Å². The Labute approximate surface area is 144 Å². The van der Waals surface area contributed by atoms with E-state index in [-0.39, 0.29) is 24.2 Å². The van der Waals surface area contributed by atoms with Crippen LogP contribution in [0.2, 0.25) is 5.02 Å². The summed E-state index contributed by atoms with van der Waals surface area (Å²) < 4.78 is 5.68. The first-order valence-corrected chi connectivity index (χ1v) is 8.19. The molecule has 3 rings (SSSR count). The van der Waals surface area contributed by atoms with Crippen LogP contribution >= 0.6 is 11.6 Å². The van der Waals surface area contributed by atoms with Gasteiger partial charge in [0.05, 0.1) is 17.1 Å². The van der Waals surface area contributed by atoms with E-state index in [9.17, 15) is 9.59 Å². The van der Waals surface area contributed by atoms with E-state index in [0.717, 1.165) is 5.56 Å². The van der Waals surface area contributed by atoms with Gasteiger partial charge in [-0.25, -0.2) is 4.98 Å². The number of likely N-dealkylation sites (tertiary alicyclic amines) is 1. The van der Waals surface area contributed by atoms with Crippen LogP contribution in [-0.2, 0) is 16.0 Å². The van der Waals surface area contributed by atoms with Gasteiger partial charge in [0.2, 0.25) is 11.8 Å². The van der Waals surface area contributed by atoms with Crippen molar-refractivity contribution in [3.05, 3.63) is 41.4 Å². The number of carbonyl (C=O) groups is 2. The second-order valence-electron chi connectivity index (χ2n) is 5.83. The molecule has 24 heavy (non-hydrogen) atoms. The molecule has 2 aromatic rings. The molecule has 6 nitrogen and oxygen atoms in total. The van der Waals surface area contributed by atoms with E-state index in [1.807, 2.05) is 18.2 Å². The summed E-state index contributed by atoms with van der Waals surface area (Å²) in [7, 11) is 0. The summed E-state index contributed by atoms with van der Waals surface area (Å²) >= 11 is 6.13. The van der Waals surface area contributed by atoms with Gasteiger partial charge in [0.1, 0.15) is 0 Å². The van der Waals surface area contributed by atoms with Crippen LogP contribution in [0.4, 0.5) is 0 Å². The average Bonchev–Trinajstić information content (AvgIpc) is 3.22. The number of amides is 2.